The predicted octanol–water partition coefficient (Wildman–Crippen LogP) is 3.12. The first-order valence-electron chi connectivity index (χ1n) is 7.85. The molecule has 1 saturated heterocycles. The van der Waals surface area contributed by atoms with Crippen LogP contribution < -0.4 is 5.32 Å². The number of likely N-dealkylation sites (tertiary alicyclic amines) is 1. The van der Waals surface area contributed by atoms with Gasteiger partial charge in [-0.05, 0) is 63.0 Å². The number of carbonyl (C=O) groups excluding carboxylic acids is 1. The lowest BCUT2D eigenvalue weighted by molar-refractivity contribution is 0.0381. The molecule has 1 aliphatic rings. The van der Waals surface area contributed by atoms with Gasteiger partial charge in [-0.2, -0.15) is 0 Å². The van der Waals surface area contributed by atoms with Gasteiger partial charge in [0.05, 0.1) is 16.6 Å². The van der Waals surface area contributed by atoms with E-state index in [9.17, 15) is 4.79 Å². The first-order chi connectivity index (χ1) is 10.7. The highest BCUT2D eigenvalue weighted by Gasteiger charge is 2.34. The van der Waals surface area contributed by atoms with Gasteiger partial charge in [-0.25, -0.2) is 14.8 Å². The summed E-state index contributed by atoms with van der Waals surface area (Å²) < 4.78 is 6.25. The summed E-state index contributed by atoms with van der Waals surface area (Å²) in [6.07, 6.45) is 5.10. The molecule has 2 heterocycles. The van der Waals surface area contributed by atoms with Gasteiger partial charge in [0.15, 0.2) is 0 Å². The van der Waals surface area contributed by atoms with E-state index in [0.717, 1.165) is 36.2 Å². The van der Waals surface area contributed by atoms with Gasteiger partial charge >= 0.3 is 6.09 Å². The average molecular weight is 385 g/mol. The zero-order valence-electron chi connectivity index (χ0n) is 14.2. The van der Waals surface area contributed by atoms with E-state index in [0.29, 0.717) is 6.54 Å². The van der Waals surface area contributed by atoms with Crippen LogP contribution in [-0.4, -0.2) is 45.2 Å². The third kappa shape index (κ3) is 6.06. The monoisotopic (exact) mass is 384 g/mol. The maximum absolute atomic E-state index is 12.1. The van der Waals surface area contributed by atoms with Crippen molar-refractivity contribution < 1.29 is 9.53 Å². The standard InChI is InChI=1S/C16H25BrN4O2/c1-15(2,3)23-14(22)20-16(4)6-5-7-21(11-16)10-13-18-8-12(17)9-19-13/h8-9H,5-7,10-11H2,1-4H3,(H,20,22)/t16-/m1/s1. The molecule has 0 aromatic carbocycles. The highest BCUT2D eigenvalue weighted by molar-refractivity contribution is 9.10. The Balaban J connectivity index is 1.93. The van der Waals surface area contributed by atoms with Crippen molar-refractivity contribution in [3.8, 4) is 0 Å². The summed E-state index contributed by atoms with van der Waals surface area (Å²) in [5.41, 5.74) is -0.782. The highest BCUT2D eigenvalue weighted by Crippen LogP contribution is 2.22. The molecular formula is C16H25BrN4O2. The average Bonchev–Trinajstić information content (AvgIpc) is 2.38. The van der Waals surface area contributed by atoms with Crippen molar-refractivity contribution in [1.29, 1.82) is 0 Å². The molecule has 1 atom stereocenters. The normalized spacial score (nSPS) is 22.7. The molecular weight excluding hydrogens is 360 g/mol. The minimum atomic E-state index is -0.486. The number of carbonyl (C=O) groups is 1. The van der Waals surface area contributed by atoms with Crippen molar-refractivity contribution in [2.45, 2.75) is 58.2 Å². The smallest absolute Gasteiger partial charge is 0.408 e. The van der Waals surface area contributed by atoms with E-state index in [-0.39, 0.29) is 11.6 Å². The van der Waals surface area contributed by atoms with Gasteiger partial charge in [-0.3, -0.25) is 4.90 Å². The van der Waals surface area contributed by atoms with E-state index >= 15 is 0 Å². The number of hydrogen-bond acceptors (Lipinski definition) is 5. The molecule has 6 nitrogen and oxygen atoms in total. The van der Waals surface area contributed by atoms with E-state index in [1.165, 1.54) is 0 Å². The van der Waals surface area contributed by atoms with E-state index in [4.69, 9.17) is 4.74 Å². The van der Waals surface area contributed by atoms with Gasteiger partial charge in [0.1, 0.15) is 11.4 Å². The molecule has 1 aromatic heterocycles. The number of ether oxygens (including phenoxy) is 1. The Morgan fingerprint density at radius 3 is 2.70 bits per heavy atom. The summed E-state index contributed by atoms with van der Waals surface area (Å²) in [6, 6.07) is 0. The Kier molecular flexibility index (Phi) is 5.62. The van der Waals surface area contributed by atoms with E-state index < -0.39 is 5.60 Å². The van der Waals surface area contributed by atoms with Crippen LogP contribution in [0, 0.1) is 0 Å². The van der Waals surface area contributed by atoms with Crippen LogP contribution in [0.3, 0.4) is 0 Å². The van der Waals surface area contributed by atoms with Crippen LogP contribution in [0.1, 0.15) is 46.4 Å². The van der Waals surface area contributed by atoms with Crippen LogP contribution in [0.15, 0.2) is 16.9 Å². The van der Waals surface area contributed by atoms with Crippen LogP contribution in [0.25, 0.3) is 0 Å². The van der Waals surface area contributed by atoms with Crippen LogP contribution >= 0.6 is 15.9 Å². The number of amides is 1. The van der Waals surface area contributed by atoms with Gasteiger partial charge in [-0.1, -0.05) is 0 Å². The minimum Gasteiger partial charge on any atom is -0.444 e. The quantitative estimate of drug-likeness (QED) is 0.866. The Morgan fingerprint density at radius 2 is 2.09 bits per heavy atom. The molecule has 0 bridgehead atoms. The summed E-state index contributed by atoms with van der Waals surface area (Å²) in [7, 11) is 0. The summed E-state index contributed by atoms with van der Waals surface area (Å²) in [5.74, 6) is 0.787. The number of rotatable bonds is 3. The fraction of sp³-hybridized carbons (Fsp3) is 0.688. The zero-order valence-corrected chi connectivity index (χ0v) is 15.8. The van der Waals surface area contributed by atoms with Crippen molar-refractivity contribution in [3.05, 3.63) is 22.7 Å². The maximum Gasteiger partial charge on any atom is 0.408 e. The first kappa shape index (κ1) is 18.1. The molecule has 1 fully saturated rings. The molecule has 23 heavy (non-hydrogen) atoms. The van der Waals surface area contributed by atoms with Gasteiger partial charge in [-0.15, -0.1) is 0 Å². The van der Waals surface area contributed by atoms with Crippen LogP contribution in [0.5, 0.6) is 0 Å². The molecule has 0 aliphatic carbocycles. The molecule has 1 amide bonds. The Bertz CT molecular complexity index is 544. The number of piperidine rings is 1. The Hall–Kier alpha value is -1.21. The molecule has 2 rings (SSSR count). The van der Waals surface area contributed by atoms with Crippen LogP contribution in [0.2, 0.25) is 0 Å². The lowest BCUT2D eigenvalue weighted by Crippen LogP contribution is -2.57. The molecule has 128 valence electrons. The van der Waals surface area contributed by atoms with Crippen molar-refractivity contribution in [1.82, 2.24) is 20.2 Å². The second-order valence-corrected chi connectivity index (χ2v) is 8.23. The number of alkyl carbamates (subject to hydrolysis) is 1. The van der Waals surface area contributed by atoms with Crippen LogP contribution in [-0.2, 0) is 11.3 Å². The van der Waals surface area contributed by atoms with Gasteiger partial charge in [0.25, 0.3) is 0 Å². The van der Waals surface area contributed by atoms with Crippen molar-refractivity contribution >= 4 is 22.0 Å². The molecule has 1 aromatic rings. The third-order valence-corrected chi connectivity index (χ3v) is 4.03. The summed E-state index contributed by atoms with van der Waals surface area (Å²) in [6.45, 7) is 10.1. The number of nitrogens with zero attached hydrogens (tertiary/aromatic N) is 3. The van der Waals surface area contributed by atoms with E-state index in [1.807, 2.05) is 20.8 Å². The van der Waals surface area contributed by atoms with Gasteiger partial charge < -0.3 is 10.1 Å². The van der Waals surface area contributed by atoms with Gasteiger partial charge in [0, 0.05) is 18.9 Å². The molecule has 0 spiro atoms. The minimum absolute atomic E-state index is 0.296. The lowest BCUT2D eigenvalue weighted by Gasteiger charge is -2.40. The van der Waals surface area contributed by atoms with Gasteiger partial charge in [0.2, 0.25) is 0 Å². The molecule has 0 saturated carbocycles. The zero-order chi connectivity index (χ0) is 17.1. The molecule has 1 N–H and O–H groups in total. The lowest BCUT2D eigenvalue weighted by atomic mass is 9.91. The van der Waals surface area contributed by atoms with Crippen molar-refractivity contribution in [2.24, 2.45) is 0 Å². The van der Waals surface area contributed by atoms with Crippen molar-refractivity contribution in [3.63, 3.8) is 0 Å². The SMILES string of the molecule is CC(C)(C)OC(=O)N[C@]1(C)CCCN(Cc2ncc(Br)cn2)C1. The first-order valence-corrected chi connectivity index (χ1v) is 8.64. The van der Waals surface area contributed by atoms with Crippen LogP contribution in [0.4, 0.5) is 4.79 Å². The molecule has 0 radical (unpaired) electrons. The fourth-order valence-electron chi connectivity index (χ4n) is 2.75. The molecule has 7 heteroatoms. The maximum atomic E-state index is 12.1. The molecule has 0 unspecified atom stereocenters. The Morgan fingerprint density at radius 1 is 1.43 bits per heavy atom. The van der Waals surface area contributed by atoms with E-state index in [1.54, 1.807) is 12.4 Å². The number of halogens is 1. The second kappa shape index (κ2) is 7.13. The number of hydrogen-bond donors (Lipinski definition) is 1. The summed E-state index contributed by atoms with van der Waals surface area (Å²) in [5, 5.41) is 3.03. The molecule has 1 aliphatic heterocycles. The highest BCUT2D eigenvalue weighted by atomic mass is 79.9. The number of aromatic nitrogens is 2. The third-order valence-electron chi connectivity index (χ3n) is 3.62. The number of nitrogens with one attached hydrogen (secondary N) is 1. The summed E-state index contributed by atoms with van der Waals surface area (Å²) in [4.78, 5) is 23.0. The second-order valence-electron chi connectivity index (χ2n) is 7.32. The predicted molar refractivity (Wildman–Crippen MR) is 92.0 cm³/mol. The summed E-state index contributed by atoms with van der Waals surface area (Å²) >= 11 is 3.34. The van der Waals surface area contributed by atoms with E-state index in [2.05, 4.69) is 43.0 Å². The Labute approximate surface area is 146 Å². The largest absolute Gasteiger partial charge is 0.444 e. The van der Waals surface area contributed by atoms with Crippen molar-refractivity contribution in [2.75, 3.05) is 13.1 Å². The topological polar surface area (TPSA) is 67.3 Å². The fourth-order valence-corrected chi connectivity index (χ4v) is 2.96.